The van der Waals surface area contributed by atoms with Crippen molar-refractivity contribution in [2.24, 2.45) is 0 Å². The molecule has 19 heavy (non-hydrogen) atoms. The van der Waals surface area contributed by atoms with Crippen LogP contribution in [0.3, 0.4) is 0 Å². The molecule has 2 aromatic rings. The quantitative estimate of drug-likeness (QED) is 0.844. The Morgan fingerprint density at radius 2 is 1.79 bits per heavy atom. The van der Waals surface area contributed by atoms with Crippen LogP contribution >= 0.6 is 23.2 Å². The van der Waals surface area contributed by atoms with Crippen molar-refractivity contribution in [2.45, 2.75) is 25.9 Å². The van der Waals surface area contributed by atoms with Gasteiger partial charge in [0, 0.05) is 0 Å². The maximum atomic E-state index is 10.2. The first-order valence-corrected chi connectivity index (χ1v) is 7.01. The topological polar surface area (TPSA) is 20.2 Å². The van der Waals surface area contributed by atoms with Crippen LogP contribution in [0.4, 0.5) is 0 Å². The van der Waals surface area contributed by atoms with Gasteiger partial charge in [0.05, 0.1) is 16.1 Å². The van der Waals surface area contributed by atoms with E-state index in [2.05, 4.69) is 19.1 Å². The molecule has 1 nitrogen and oxygen atoms in total. The minimum absolute atomic E-state index is 0.481. The van der Waals surface area contributed by atoms with E-state index >= 15 is 0 Å². The lowest BCUT2D eigenvalue weighted by Crippen LogP contribution is -2.00. The Kier molecular flexibility index (Phi) is 4.87. The number of benzene rings is 2. The smallest absolute Gasteiger partial charge is 0.0793 e. The molecule has 100 valence electrons. The summed E-state index contributed by atoms with van der Waals surface area (Å²) in [4.78, 5) is 0. The number of aryl methyl sites for hydroxylation is 2. The lowest BCUT2D eigenvalue weighted by molar-refractivity contribution is 0.168. The van der Waals surface area contributed by atoms with Crippen molar-refractivity contribution in [2.75, 3.05) is 0 Å². The molecule has 0 bridgehead atoms. The van der Waals surface area contributed by atoms with Gasteiger partial charge in [0.1, 0.15) is 0 Å². The minimum Gasteiger partial charge on any atom is -0.388 e. The molecule has 3 heteroatoms. The van der Waals surface area contributed by atoms with E-state index in [1.54, 1.807) is 12.1 Å². The number of aliphatic hydroxyl groups excluding tert-OH is 1. The largest absolute Gasteiger partial charge is 0.388 e. The molecule has 0 aliphatic carbocycles. The van der Waals surface area contributed by atoms with Gasteiger partial charge in [0.15, 0.2) is 0 Å². The van der Waals surface area contributed by atoms with Crippen LogP contribution in [0, 0.1) is 6.92 Å². The second-order valence-corrected chi connectivity index (χ2v) is 5.47. The van der Waals surface area contributed by atoms with Crippen LogP contribution in [0.5, 0.6) is 0 Å². The van der Waals surface area contributed by atoms with E-state index in [4.69, 9.17) is 23.2 Å². The molecule has 0 aliphatic heterocycles. The summed E-state index contributed by atoms with van der Waals surface area (Å²) in [6.07, 6.45) is 0.992. The normalized spacial score (nSPS) is 12.4. The third-order valence-corrected chi connectivity index (χ3v) is 4.02. The molecular weight excluding hydrogens is 279 g/mol. The summed E-state index contributed by atoms with van der Waals surface area (Å²) in [7, 11) is 0. The van der Waals surface area contributed by atoms with E-state index in [1.807, 2.05) is 18.2 Å². The van der Waals surface area contributed by atoms with Crippen molar-refractivity contribution < 1.29 is 5.11 Å². The van der Waals surface area contributed by atoms with Gasteiger partial charge in [-0.15, -0.1) is 0 Å². The molecule has 0 aromatic heterocycles. The molecule has 0 aliphatic rings. The van der Waals surface area contributed by atoms with Crippen LogP contribution in [-0.2, 0) is 6.42 Å². The second-order valence-electron chi connectivity index (χ2n) is 4.65. The minimum atomic E-state index is -0.519. The van der Waals surface area contributed by atoms with E-state index in [-0.39, 0.29) is 0 Å². The molecular formula is C16H16Cl2O. The van der Waals surface area contributed by atoms with Gasteiger partial charge in [-0.1, -0.05) is 53.5 Å². The fourth-order valence-corrected chi connectivity index (χ4v) is 2.38. The summed E-state index contributed by atoms with van der Waals surface area (Å²) in [5.74, 6) is 0. The van der Waals surface area contributed by atoms with Gasteiger partial charge < -0.3 is 5.11 Å². The first-order valence-electron chi connectivity index (χ1n) is 6.25. The molecule has 2 aromatic carbocycles. The summed E-state index contributed by atoms with van der Waals surface area (Å²) >= 11 is 11.8. The Balaban J connectivity index is 2.03. The average molecular weight is 295 g/mol. The van der Waals surface area contributed by atoms with Crippen molar-refractivity contribution in [1.82, 2.24) is 0 Å². The van der Waals surface area contributed by atoms with Gasteiger partial charge in [-0.25, -0.2) is 0 Å². The molecule has 0 heterocycles. The SMILES string of the molecule is Cc1ccccc1CCC(O)c1ccc(Cl)c(Cl)c1. The predicted molar refractivity (Wildman–Crippen MR) is 80.9 cm³/mol. The van der Waals surface area contributed by atoms with Crippen molar-refractivity contribution in [3.63, 3.8) is 0 Å². The molecule has 1 N–H and O–H groups in total. The molecule has 1 atom stereocenters. The average Bonchev–Trinajstić information content (AvgIpc) is 2.40. The summed E-state index contributed by atoms with van der Waals surface area (Å²) in [6.45, 7) is 2.08. The summed E-state index contributed by atoms with van der Waals surface area (Å²) in [6, 6.07) is 13.5. The molecule has 0 saturated heterocycles. The number of hydrogen-bond donors (Lipinski definition) is 1. The van der Waals surface area contributed by atoms with Crippen LogP contribution in [0.15, 0.2) is 42.5 Å². The Hall–Kier alpha value is -1.02. The zero-order valence-electron chi connectivity index (χ0n) is 10.7. The highest BCUT2D eigenvalue weighted by Crippen LogP contribution is 2.27. The molecule has 0 saturated carbocycles. The fraction of sp³-hybridized carbons (Fsp3) is 0.250. The van der Waals surface area contributed by atoms with Crippen LogP contribution in [0.2, 0.25) is 10.0 Å². The first kappa shape index (κ1) is 14.4. The standard InChI is InChI=1S/C16H16Cl2O/c1-11-4-2-3-5-12(11)7-9-16(19)13-6-8-14(17)15(18)10-13/h2-6,8,10,16,19H,7,9H2,1H3. The molecule has 2 rings (SSSR count). The third kappa shape index (κ3) is 3.73. The van der Waals surface area contributed by atoms with E-state index in [0.29, 0.717) is 16.5 Å². The van der Waals surface area contributed by atoms with Crippen molar-refractivity contribution in [1.29, 1.82) is 0 Å². The van der Waals surface area contributed by atoms with Gasteiger partial charge >= 0.3 is 0 Å². The highest BCUT2D eigenvalue weighted by molar-refractivity contribution is 6.42. The van der Waals surface area contributed by atoms with Crippen LogP contribution in [0.1, 0.15) is 29.2 Å². The number of halogens is 2. The summed E-state index contributed by atoms with van der Waals surface area (Å²) < 4.78 is 0. The van der Waals surface area contributed by atoms with Gasteiger partial charge in [0.2, 0.25) is 0 Å². The second kappa shape index (κ2) is 6.42. The molecule has 0 fully saturated rings. The van der Waals surface area contributed by atoms with E-state index in [9.17, 15) is 5.11 Å². The highest BCUT2D eigenvalue weighted by Gasteiger charge is 2.10. The van der Waals surface area contributed by atoms with Crippen LogP contribution < -0.4 is 0 Å². The lowest BCUT2D eigenvalue weighted by atomic mass is 9.99. The van der Waals surface area contributed by atoms with Crippen molar-refractivity contribution in [3.8, 4) is 0 Å². The lowest BCUT2D eigenvalue weighted by Gasteiger charge is -2.13. The monoisotopic (exact) mass is 294 g/mol. The van der Waals surface area contributed by atoms with E-state index < -0.39 is 6.10 Å². The van der Waals surface area contributed by atoms with Gasteiger partial charge in [-0.2, -0.15) is 0 Å². The zero-order valence-corrected chi connectivity index (χ0v) is 12.2. The number of rotatable bonds is 4. The molecule has 0 spiro atoms. The predicted octanol–water partition coefficient (Wildman–Crippen LogP) is 4.97. The summed E-state index contributed by atoms with van der Waals surface area (Å²) in [5, 5.41) is 11.2. The first-order chi connectivity index (χ1) is 9.08. The van der Waals surface area contributed by atoms with Crippen LogP contribution in [-0.4, -0.2) is 5.11 Å². The van der Waals surface area contributed by atoms with Gasteiger partial charge in [0.25, 0.3) is 0 Å². The Bertz CT molecular complexity index is 566. The van der Waals surface area contributed by atoms with Gasteiger partial charge in [-0.3, -0.25) is 0 Å². The molecule has 0 amide bonds. The maximum Gasteiger partial charge on any atom is 0.0793 e. The molecule has 1 unspecified atom stereocenters. The van der Waals surface area contributed by atoms with Crippen molar-refractivity contribution >= 4 is 23.2 Å². The van der Waals surface area contributed by atoms with E-state index in [0.717, 1.165) is 12.0 Å². The van der Waals surface area contributed by atoms with Gasteiger partial charge in [-0.05, 0) is 48.6 Å². The fourth-order valence-electron chi connectivity index (χ4n) is 2.07. The van der Waals surface area contributed by atoms with Crippen molar-refractivity contribution in [3.05, 3.63) is 69.2 Å². The Morgan fingerprint density at radius 3 is 2.47 bits per heavy atom. The third-order valence-electron chi connectivity index (χ3n) is 3.28. The molecule has 0 radical (unpaired) electrons. The maximum absolute atomic E-state index is 10.2. The highest BCUT2D eigenvalue weighted by atomic mass is 35.5. The Labute approximate surface area is 123 Å². The van der Waals surface area contributed by atoms with Crippen LogP contribution in [0.25, 0.3) is 0 Å². The summed E-state index contributed by atoms with van der Waals surface area (Å²) in [5.41, 5.74) is 3.33. The number of aliphatic hydroxyl groups is 1. The Morgan fingerprint density at radius 1 is 1.05 bits per heavy atom. The zero-order chi connectivity index (χ0) is 13.8. The number of hydrogen-bond acceptors (Lipinski definition) is 1. The van der Waals surface area contributed by atoms with E-state index in [1.165, 1.54) is 11.1 Å².